The van der Waals surface area contributed by atoms with Crippen LogP contribution in [0.25, 0.3) is 21.9 Å². The van der Waals surface area contributed by atoms with E-state index in [1.165, 1.54) is 49.2 Å². The molecule has 1 aliphatic carbocycles. The Kier molecular flexibility index (Phi) is 6.61. The Morgan fingerprint density at radius 3 is 2.43 bits per heavy atom. The average Bonchev–Trinajstić information content (AvgIpc) is 3.56. The quantitative estimate of drug-likeness (QED) is 0.278. The number of nitrogens with zero attached hydrogens (tertiary/aromatic N) is 3. The summed E-state index contributed by atoms with van der Waals surface area (Å²) in [6.07, 6.45) is 9.52. The molecule has 4 aromatic rings. The van der Waals surface area contributed by atoms with Crippen molar-refractivity contribution in [3.8, 4) is 5.88 Å². The molecule has 0 bridgehead atoms. The van der Waals surface area contributed by atoms with Crippen molar-refractivity contribution in [2.75, 3.05) is 26.2 Å². The molecule has 5 heteroatoms. The molecule has 0 saturated carbocycles. The molecule has 0 N–H and O–H groups in total. The van der Waals surface area contributed by atoms with Gasteiger partial charge in [-0.25, -0.2) is 4.98 Å². The van der Waals surface area contributed by atoms with E-state index >= 15 is 0 Å². The zero-order valence-corrected chi connectivity index (χ0v) is 20.9. The van der Waals surface area contributed by atoms with Crippen LogP contribution in [-0.4, -0.2) is 41.1 Å². The Morgan fingerprint density at radius 1 is 0.886 bits per heavy atom. The Bertz CT molecular complexity index is 1320. The van der Waals surface area contributed by atoms with Crippen molar-refractivity contribution in [3.63, 3.8) is 0 Å². The van der Waals surface area contributed by atoms with E-state index in [0.717, 1.165) is 58.0 Å². The predicted octanol–water partition coefficient (Wildman–Crippen LogP) is 6.63. The highest BCUT2D eigenvalue weighted by atomic mass is 32.1. The number of aryl methyl sites for hydroxylation is 2. The van der Waals surface area contributed by atoms with Crippen molar-refractivity contribution >= 4 is 33.2 Å². The van der Waals surface area contributed by atoms with Crippen LogP contribution in [0, 0.1) is 0 Å². The van der Waals surface area contributed by atoms with Crippen LogP contribution in [0.2, 0.25) is 0 Å². The summed E-state index contributed by atoms with van der Waals surface area (Å²) >= 11 is 1.84. The monoisotopic (exact) mass is 481 g/mol. The molecule has 0 amide bonds. The van der Waals surface area contributed by atoms with Crippen molar-refractivity contribution in [1.82, 2.24) is 14.9 Å². The largest absolute Gasteiger partial charge is 0.476 e. The first kappa shape index (κ1) is 22.4. The van der Waals surface area contributed by atoms with Crippen molar-refractivity contribution < 1.29 is 4.74 Å². The summed E-state index contributed by atoms with van der Waals surface area (Å²) in [4.78, 5) is 15.3. The fourth-order valence-electron chi connectivity index (χ4n) is 5.24. The van der Waals surface area contributed by atoms with Gasteiger partial charge >= 0.3 is 0 Å². The molecule has 0 atom stereocenters. The smallest absolute Gasteiger partial charge is 0.226 e. The zero-order valence-electron chi connectivity index (χ0n) is 20.1. The molecule has 2 aromatic carbocycles. The minimum Gasteiger partial charge on any atom is -0.476 e. The first-order chi connectivity index (χ1) is 17.3. The molecule has 0 radical (unpaired) electrons. The van der Waals surface area contributed by atoms with E-state index < -0.39 is 0 Å². The summed E-state index contributed by atoms with van der Waals surface area (Å²) in [5, 5.41) is 1.15. The molecule has 6 rings (SSSR count). The van der Waals surface area contributed by atoms with Crippen LogP contribution in [0.15, 0.2) is 60.7 Å². The Morgan fingerprint density at radius 2 is 1.63 bits per heavy atom. The van der Waals surface area contributed by atoms with Gasteiger partial charge in [0.1, 0.15) is 11.4 Å². The van der Waals surface area contributed by atoms with Gasteiger partial charge < -0.3 is 4.74 Å². The third kappa shape index (κ3) is 4.89. The maximum atomic E-state index is 6.47. The van der Waals surface area contributed by atoms with Gasteiger partial charge in [-0.2, -0.15) is 4.98 Å². The number of likely N-dealkylation sites (tertiary alicyclic amines) is 1. The minimum atomic E-state index is 0.666. The fourth-order valence-corrected chi connectivity index (χ4v) is 6.49. The Labute approximate surface area is 211 Å². The molecule has 2 aliphatic rings. The lowest BCUT2D eigenvalue weighted by molar-refractivity contribution is 0.233. The van der Waals surface area contributed by atoms with Crippen molar-refractivity contribution in [1.29, 1.82) is 0 Å². The van der Waals surface area contributed by atoms with Gasteiger partial charge in [0.25, 0.3) is 0 Å². The number of hydrogen-bond donors (Lipinski definition) is 0. The van der Waals surface area contributed by atoms with E-state index in [4.69, 9.17) is 14.7 Å². The highest BCUT2D eigenvalue weighted by Crippen LogP contribution is 2.40. The second kappa shape index (κ2) is 10.3. The number of ether oxygens (including phenoxy) is 1. The van der Waals surface area contributed by atoms with E-state index in [2.05, 4.69) is 59.5 Å². The van der Waals surface area contributed by atoms with E-state index in [0.29, 0.717) is 6.61 Å². The van der Waals surface area contributed by atoms with Crippen LogP contribution < -0.4 is 4.74 Å². The lowest BCUT2D eigenvalue weighted by atomic mass is 9.97. The third-order valence-corrected chi connectivity index (χ3v) is 8.25. The van der Waals surface area contributed by atoms with E-state index in [-0.39, 0.29) is 0 Å². The first-order valence-electron chi connectivity index (χ1n) is 12.8. The molecule has 3 heterocycles. The fraction of sp³-hybridized carbons (Fsp3) is 0.333. The zero-order chi connectivity index (χ0) is 23.5. The highest BCUT2D eigenvalue weighted by molar-refractivity contribution is 7.18. The number of thiophene rings is 1. The van der Waals surface area contributed by atoms with Crippen LogP contribution in [-0.2, 0) is 12.8 Å². The van der Waals surface area contributed by atoms with Crippen LogP contribution in [0.5, 0.6) is 5.88 Å². The van der Waals surface area contributed by atoms with E-state index in [9.17, 15) is 0 Å². The summed E-state index contributed by atoms with van der Waals surface area (Å²) in [6, 6.07) is 20.9. The molecule has 4 nitrogen and oxygen atoms in total. The molecule has 35 heavy (non-hydrogen) atoms. The molecule has 0 spiro atoms. The number of rotatable bonds is 7. The Hall–Kier alpha value is -3.02. The van der Waals surface area contributed by atoms with Gasteiger partial charge in [-0.05, 0) is 74.4 Å². The first-order valence-corrected chi connectivity index (χ1v) is 13.7. The van der Waals surface area contributed by atoms with Gasteiger partial charge in [-0.1, -0.05) is 60.7 Å². The summed E-state index contributed by atoms with van der Waals surface area (Å²) < 4.78 is 6.47. The molecule has 0 unspecified atom stereocenters. The Balaban J connectivity index is 1.45. The number of hydrogen-bond acceptors (Lipinski definition) is 5. The molecular formula is C30H31N3OS. The summed E-state index contributed by atoms with van der Waals surface area (Å²) in [5.41, 5.74) is 4.69. The van der Waals surface area contributed by atoms with Crippen molar-refractivity contribution in [2.24, 2.45) is 0 Å². The maximum absolute atomic E-state index is 6.47. The number of benzene rings is 2. The topological polar surface area (TPSA) is 38.2 Å². The van der Waals surface area contributed by atoms with Crippen LogP contribution in [0.3, 0.4) is 0 Å². The minimum absolute atomic E-state index is 0.666. The molecule has 178 valence electrons. The summed E-state index contributed by atoms with van der Waals surface area (Å²) in [7, 11) is 0. The number of fused-ring (bicyclic) bond motifs is 3. The van der Waals surface area contributed by atoms with Crippen LogP contribution >= 0.6 is 11.3 Å². The average molecular weight is 482 g/mol. The SMILES string of the molecule is C(=C(/c1ccccc1)c1nc(OCCN2CCCC2)c2c3c(sc2n1)CCCC3)/c1ccccc1. The standard InChI is InChI=1S/C30H31N3OS/c1-3-11-22(12-4-1)21-25(23-13-5-2-6-14-23)28-31-29(34-20-19-33-17-9-10-18-33)27-24-15-7-8-16-26(24)35-30(27)32-28/h1-6,11-14,21H,7-10,15-20H2/b25-21+. The lowest BCUT2D eigenvalue weighted by Gasteiger charge is -2.17. The van der Waals surface area contributed by atoms with Gasteiger partial charge in [0.2, 0.25) is 5.88 Å². The second-order valence-electron chi connectivity index (χ2n) is 9.48. The number of aromatic nitrogens is 2. The third-order valence-electron chi connectivity index (χ3n) is 7.06. The van der Waals surface area contributed by atoms with E-state index in [1.54, 1.807) is 0 Å². The van der Waals surface area contributed by atoms with Gasteiger partial charge in [0.05, 0.1) is 5.39 Å². The molecule has 1 saturated heterocycles. The van der Waals surface area contributed by atoms with Crippen LogP contribution in [0.1, 0.15) is 53.1 Å². The normalized spacial score (nSPS) is 16.5. The molecule has 1 fully saturated rings. The van der Waals surface area contributed by atoms with Crippen LogP contribution in [0.4, 0.5) is 0 Å². The molecular weight excluding hydrogens is 450 g/mol. The molecule has 2 aromatic heterocycles. The van der Waals surface area contributed by atoms with Crippen molar-refractivity contribution in [2.45, 2.75) is 38.5 Å². The molecule has 1 aliphatic heterocycles. The summed E-state index contributed by atoms with van der Waals surface area (Å²) in [6.45, 7) is 3.98. The lowest BCUT2D eigenvalue weighted by Crippen LogP contribution is -2.25. The summed E-state index contributed by atoms with van der Waals surface area (Å²) in [5.74, 6) is 1.50. The highest BCUT2D eigenvalue weighted by Gasteiger charge is 2.23. The maximum Gasteiger partial charge on any atom is 0.226 e. The van der Waals surface area contributed by atoms with Gasteiger partial charge in [0.15, 0.2) is 5.82 Å². The van der Waals surface area contributed by atoms with Gasteiger partial charge in [0, 0.05) is 17.0 Å². The second-order valence-corrected chi connectivity index (χ2v) is 10.6. The van der Waals surface area contributed by atoms with E-state index in [1.807, 2.05) is 23.5 Å². The van der Waals surface area contributed by atoms with Crippen molar-refractivity contribution in [3.05, 3.63) is 88.1 Å². The van der Waals surface area contributed by atoms with Gasteiger partial charge in [-0.3, -0.25) is 4.90 Å². The van der Waals surface area contributed by atoms with Gasteiger partial charge in [-0.15, -0.1) is 11.3 Å². The predicted molar refractivity (Wildman–Crippen MR) is 145 cm³/mol.